The summed E-state index contributed by atoms with van der Waals surface area (Å²) >= 11 is 3.25. The molecule has 0 bridgehead atoms. The average Bonchev–Trinajstić information content (AvgIpc) is 3.20. The van der Waals surface area contributed by atoms with Gasteiger partial charge in [-0.3, -0.25) is 4.79 Å². The molecule has 7 heteroatoms. The van der Waals surface area contributed by atoms with E-state index in [2.05, 4.69) is 9.97 Å². The summed E-state index contributed by atoms with van der Waals surface area (Å²) in [5.41, 5.74) is 5.99. The summed E-state index contributed by atoms with van der Waals surface area (Å²) in [6.45, 7) is 1.06. The molecular formula is C15H14N4OS2. The number of anilines is 1. The smallest absolute Gasteiger partial charge is 0.276 e. The van der Waals surface area contributed by atoms with Crippen LogP contribution in [0.3, 0.4) is 0 Å². The van der Waals surface area contributed by atoms with Crippen LogP contribution in [0.4, 0.5) is 5.82 Å². The van der Waals surface area contributed by atoms with Gasteiger partial charge in [-0.05, 0) is 22.9 Å². The maximum atomic E-state index is 12.8. The highest BCUT2D eigenvalue weighted by Gasteiger charge is 2.21. The molecule has 0 atom stereocenters. The van der Waals surface area contributed by atoms with Gasteiger partial charge in [0.2, 0.25) is 0 Å². The summed E-state index contributed by atoms with van der Waals surface area (Å²) in [5, 5.41) is 4.00. The SMILES string of the molecule is Nc1nccnc1C(=O)N(Cc1cccs1)Cc1cccs1. The number of carbonyl (C=O) groups is 1. The zero-order valence-electron chi connectivity index (χ0n) is 11.7. The van der Waals surface area contributed by atoms with Crippen LogP contribution in [0.15, 0.2) is 47.4 Å². The van der Waals surface area contributed by atoms with Crippen molar-refractivity contribution < 1.29 is 4.79 Å². The zero-order chi connectivity index (χ0) is 15.4. The van der Waals surface area contributed by atoms with Gasteiger partial charge < -0.3 is 10.6 Å². The molecule has 3 heterocycles. The second-order valence-corrected chi connectivity index (χ2v) is 6.67. The molecule has 0 aliphatic rings. The van der Waals surface area contributed by atoms with Crippen LogP contribution in [-0.2, 0) is 13.1 Å². The Balaban J connectivity index is 1.87. The molecule has 0 saturated carbocycles. The first-order chi connectivity index (χ1) is 10.7. The zero-order valence-corrected chi connectivity index (χ0v) is 13.3. The molecule has 0 radical (unpaired) electrons. The van der Waals surface area contributed by atoms with E-state index in [-0.39, 0.29) is 17.4 Å². The number of nitrogen functional groups attached to an aromatic ring is 1. The summed E-state index contributed by atoms with van der Waals surface area (Å²) in [7, 11) is 0. The molecule has 2 N–H and O–H groups in total. The highest BCUT2D eigenvalue weighted by Crippen LogP contribution is 2.19. The quantitative estimate of drug-likeness (QED) is 0.780. The van der Waals surface area contributed by atoms with Crippen LogP contribution < -0.4 is 5.73 Å². The van der Waals surface area contributed by atoms with E-state index in [1.54, 1.807) is 27.6 Å². The second kappa shape index (κ2) is 6.67. The Morgan fingerprint density at radius 1 is 1.05 bits per heavy atom. The number of nitrogens with zero attached hydrogens (tertiary/aromatic N) is 3. The monoisotopic (exact) mass is 330 g/mol. The molecule has 3 aromatic rings. The van der Waals surface area contributed by atoms with E-state index in [1.165, 1.54) is 12.4 Å². The predicted octanol–water partition coefficient (Wildman–Crippen LogP) is 3.02. The molecule has 0 aliphatic heterocycles. The largest absolute Gasteiger partial charge is 0.382 e. The molecule has 0 aromatic carbocycles. The number of amides is 1. The van der Waals surface area contributed by atoms with E-state index in [0.717, 1.165) is 9.75 Å². The van der Waals surface area contributed by atoms with Gasteiger partial charge in [0.15, 0.2) is 11.5 Å². The maximum absolute atomic E-state index is 12.8. The third-order valence-corrected chi connectivity index (χ3v) is 4.79. The molecule has 0 unspecified atom stereocenters. The van der Waals surface area contributed by atoms with Crippen molar-refractivity contribution >= 4 is 34.4 Å². The molecule has 3 rings (SSSR count). The predicted molar refractivity (Wildman–Crippen MR) is 88.7 cm³/mol. The first-order valence-corrected chi connectivity index (χ1v) is 8.40. The van der Waals surface area contributed by atoms with Crippen LogP contribution in [0.5, 0.6) is 0 Å². The van der Waals surface area contributed by atoms with Gasteiger partial charge in [0.05, 0.1) is 13.1 Å². The summed E-state index contributed by atoms with van der Waals surface area (Å²) < 4.78 is 0. The van der Waals surface area contributed by atoms with Crippen molar-refractivity contribution in [1.29, 1.82) is 0 Å². The molecular weight excluding hydrogens is 316 g/mol. The van der Waals surface area contributed by atoms with Crippen LogP contribution in [0, 0.1) is 0 Å². The third-order valence-electron chi connectivity index (χ3n) is 3.07. The van der Waals surface area contributed by atoms with E-state index in [4.69, 9.17) is 5.73 Å². The van der Waals surface area contributed by atoms with Crippen molar-refractivity contribution in [2.45, 2.75) is 13.1 Å². The molecule has 1 amide bonds. The van der Waals surface area contributed by atoms with E-state index >= 15 is 0 Å². The minimum absolute atomic E-state index is 0.162. The summed E-state index contributed by atoms with van der Waals surface area (Å²) in [5.74, 6) is -0.0396. The standard InChI is InChI=1S/C15H14N4OS2/c16-14-13(17-5-6-18-14)15(20)19(9-11-3-1-7-21-11)10-12-4-2-8-22-12/h1-8H,9-10H2,(H2,16,18). The van der Waals surface area contributed by atoms with Crippen molar-refractivity contribution in [3.63, 3.8) is 0 Å². The lowest BCUT2D eigenvalue weighted by molar-refractivity contribution is 0.0728. The number of aromatic nitrogens is 2. The number of rotatable bonds is 5. The lowest BCUT2D eigenvalue weighted by atomic mass is 10.3. The van der Waals surface area contributed by atoms with Crippen molar-refractivity contribution in [2.75, 3.05) is 5.73 Å². The second-order valence-electron chi connectivity index (χ2n) is 4.61. The normalized spacial score (nSPS) is 10.5. The van der Waals surface area contributed by atoms with Crippen LogP contribution in [0.2, 0.25) is 0 Å². The van der Waals surface area contributed by atoms with Gasteiger partial charge in [0.25, 0.3) is 5.91 Å². The van der Waals surface area contributed by atoms with Crippen molar-refractivity contribution in [1.82, 2.24) is 14.9 Å². The Labute approximate surface area is 136 Å². The van der Waals surface area contributed by atoms with Gasteiger partial charge in [-0.15, -0.1) is 22.7 Å². The van der Waals surface area contributed by atoms with E-state index in [1.807, 2.05) is 35.0 Å². The van der Waals surface area contributed by atoms with Gasteiger partial charge in [0.1, 0.15) is 0 Å². The van der Waals surface area contributed by atoms with Crippen LogP contribution in [-0.4, -0.2) is 20.8 Å². The number of hydrogen-bond acceptors (Lipinski definition) is 6. The molecule has 112 valence electrons. The highest BCUT2D eigenvalue weighted by atomic mass is 32.1. The van der Waals surface area contributed by atoms with E-state index in [9.17, 15) is 4.79 Å². The molecule has 0 fully saturated rings. The minimum atomic E-state index is -0.201. The molecule has 0 saturated heterocycles. The first kappa shape index (κ1) is 14.7. The Morgan fingerprint density at radius 3 is 2.14 bits per heavy atom. The van der Waals surface area contributed by atoms with Crippen LogP contribution in [0.25, 0.3) is 0 Å². The van der Waals surface area contributed by atoms with Crippen molar-refractivity contribution in [3.8, 4) is 0 Å². The lowest BCUT2D eigenvalue weighted by Crippen LogP contribution is -2.31. The van der Waals surface area contributed by atoms with E-state index in [0.29, 0.717) is 13.1 Å². The van der Waals surface area contributed by atoms with Gasteiger partial charge >= 0.3 is 0 Å². The highest BCUT2D eigenvalue weighted by molar-refractivity contribution is 7.10. The van der Waals surface area contributed by atoms with E-state index < -0.39 is 0 Å². The number of hydrogen-bond donors (Lipinski definition) is 1. The summed E-state index contributed by atoms with van der Waals surface area (Å²) in [4.78, 5) is 24.8. The minimum Gasteiger partial charge on any atom is -0.382 e. The van der Waals surface area contributed by atoms with Gasteiger partial charge in [-0.1, -0.05) is 12.1 Å². The lowest BCUT2D eigenvalue weighted by Gasteiger charge is -2.21. The Bertz CT molecular complexity index is 705. The molecule has 0 spiro atoms. The van der Waals surface area contributed by atoms with Gasteiger partial charge in [0, 0.05) is 22.1 Å². The van der Waals surface area contributed by atoms with Gasteiger partial charge in [-0.2, -0.15) is 0 Å². The third kappa shape index (κ3) is 3.32. The van der Waals surface area contributed by atoms with Crippen LogP contribution >= 0.6 is 22.7 Å². The molecule has 0 aliphatic carbocycles. The fourth-order valence-electron chi connectivity index (χ4n) is 2.04. The fraction of sp³-hybridized carbons (Fsp3) is 0.133. The Kier molecular flexibility index (Phi) is 4.45. The van der Waals surface area contributed by atoms with Crippen molar-refractivity contribution in [3.05, 3.63) is 62.9 Å². The average molecular weight is 330 g/mol. The Hall–Kier alpha value is -2.25. The maximum Gasteiger partial charge on any atom is 0.276 e. The molecule has 3 aromatic heterocycles. The number of carbonyl (C=O) groups excluding carboxylic acids is 1. The van der Waals surface area contributed by atoms with Crippen LogP contribution in [0.1, 0.15) is 20.2 Å². The molecule has 22 heavy (non-hydrogen) atoms. The topological polar surface area (TPSA) is 72.1 Å². The van der Waals surface area contributed by atoms with Crippen molar-refractivity contribution in [2.24, 2.45) is 0 Å². The number of nitrogens with two attached hydrogens (primary N) is 1. The Morgan fingerprint density at radius 2 is 1.64 bits per heavy atom. The van der Waals surface area contributed by atoms with Gasteiger partial charge in [-0.25, -0.2) is 9.97 Å². The first-order valence-electron chi connectivity index (χ1n) is 6.64. The molecule has 5 nitrogen and oxygen atoms in total. The fourth-order valence-corrected chi connectivity index (χ4v) is 3.48. The number of thiophene rings is 2. The summed E-state index contributed by atoms with van der Waals surface area (Å²) in [6.07, 6.45) is 2.97. The summed E-state index contributed by atoms with van der Waals surface area (Å²) in [6, 6.07) is 7.98.